The molecule has 0 aliphatic carbocycles. The third-order valence-corrected chi connectivity index (χ3v) is 0.914. The highest BCUT2D eigenvalue weighted by molar-refractivity contribution is 5.79. The summed E-state index contributed by atoms with van der Waals surface area (Å²) in [4.78, 5) is 34.9. The molecule has 7 nitrogen and oxygen atoms in total. The van der Waals surface area contributed by atoms with Gasteiger partial charge in [-0.3, -0.25) is 4.79 Å². The summed E-state index contributed by atoms with van der Waals surface area (Å²) < 4.78 is 4.40. The highest BCUT2D eigenvalue weighted by Crippen LogP contribution is 1.93. The van der Waals surface area contributed by atoms with Crippen molar-refractivity contribution in [2.45, 2.75) is 20.0 Å². The molecule has 0 saturated carbocycles. The van der Waals surface area contributed by atoms with E-state index in [0.717, 1.165) is 6.92 Å². The van der Waals surface area contributed by atoms with Crippen LogP contribution in [0.2, 0.25) is 0 Å². The summed E-state index contributed by atoms with van der Waals surface area (Å²) in [6.07, 6.45) is -2.65. The van der Waals surface area contributed by atoms with Gasteiger partial charge in [-0.15, -0.1) is 5.48 Å². The lowest BCUT2D eigenvalue weighted by Gasteiger charge is -2.09. The van der Waals surface area contributed by atoms with Gasteiger partial charge in [-0.05, 0) is 6.92 Å². The molecule has 0 aliphatic heterocycles. The maximum atomic E-state index is 10.8. The lowest BCUT2D eigenvalue weighted by atomic mass is 10.4. The Labute approximate surface area is 73.6 Å². The molecule has 0 spiro atoms. The number of nitrogens with one attached hydrogen (secondary N) is 1. The minimum Gasteiger partial charge on any atom is -0.463 e. The van der Waals surface area contributed by atoms with Crippen LogP contribution in [0.15, 0.2) is 0 Å². The zero-order valence-electron chi connectivity index (χ0n) is 7.07. The summed E-state index contributed by atoms with van der Waals surface area (Å²) in [7, 11) is 0. The zero-order chi connectivity index (χ0) is 10.4. The van der Waals surface area contributed by atoms with Crippen LogP contribution in [-0.2, 0) is 19.2 Å². The maximum Gasteiger partial charge on any atom is 0.438 e. The van der Waals surface area contributed by atoms with E-state index in [-0.39, 0.29) is 0 Å². The van der Waals surface area contributed by atoms with Crippen molar-refractivity contribution >= 4 is 18.0 Å². The third kappa shape index (κ3) is 5.48. The SMILES string of the molecule is CC(=O)OC(C)C(=O)ONC(=O)O. The van der Waals surface area contributed by atoms with Gasteiger partial charge >= 0.3 is 18.0 Å². The minimum absolute atomic E-state index is 0.653. The number of ether oxygens (including phenoxy) is 1. The summed E-state index contributed by atoms with van der Waals surface area (Å²) in [5.74, 6) is -1.64. The molecule has 0 heterocycles. The molecule has 0 aliphatic rings. The molecule has 1 atom stereocenters. The molecule has 7 heteroatoms. The Bertz CT molecular complexity index is 225. The second-order valence-corrected chi connectivity index (χ2v) is 2.08. The van der Waals surface area contributed by atoms with Gasteiger partial charge in [0.05, 0.1) is 0 Å². The van der Waals surface area contributed by atoms with E-state index in [0.29, 0.717) is 0 Å². The molecule has 0 fully saturated rings. The number of hydrogen-bond donors (Lipinski definition) is 2. The second-order valence-electron chi connectivity index (χ2n) is 2.08. The number of amides is 1. The summed E-state index contributed by atoms with van der Waals surface area (Å²) in [5, 5.41) is 8.03. The Morgan fingerprint density at radius 3 is 2.31 bits per heavy atom. The van der Waals surface area contributed by atoms with E-state index in [9.17, 15) is 14.4 Å². The molecule has 0 saturated heterocycles. The molecular weight excluding hydrogens is 182 g/mol. The molecule has 0 bridgehead atoms. The normalized spacial score (nSPS) is 11.2. The summed E-state index contributed by atoms with van der Waals surface area (Å²) in [5.41, 5.74) is 1.38. The van der Waals surface area contributed by atoms with Gasteiger partial charge < -0.3 is 14.7 Å². The minimum atomic E-state index is -1.51. The van der Waals surface area contributed by atoms with E-state index in [1.807, 2.05) is 0 Å². The first kappa shape index (κ1) is 11.2. The number of rotatable bonds is 2. The fourth-order valence-corrected chi connectivity index (χ4v) is 0.474. The molecule has 1 unspecified atom stereocenters. The Kier molecular flexibility index (Phi) is 4.28. The van der Waals surface area contributed by atoms with Gasteiger partial charge in [0.1, 0.15) is 0 Å². The monoisotopic (exact) mass is 191 g/mol. The van der Waals surface area contributed by atoms with Crippen LogP contribution in [0.4, 0.5) is 4.79 Å². The Morgan fingerprint density at radius 1 is 1.38 bits per heavy atom. The quantitative estimate of drug-likeness (QED) is 0.457. The molecule has 13 heavy (non-hydrogen) atoms. The summed E-state index contributed by atoms with van der Waals surface area (Å²) >= 11 is 0. The summed E-state index contributed by atoms with van der Waals surface area (Å²) in [6.45, 7) is 2.38. The van der Waals surface area contributed by atoms with Crippen LogP contribution in [-0.4, -0.2) is 29.2 Å². The number of hydrogen-bond acceptors (Lipinski definition) is 5. The van der Waals surface area contributed by atoms with Crippen LogP contribution >= 0.6 is 0 Å². The third-order valence-electron chi connectivity index (χ3n) is 0.914. The molecule has 0 aromatic rings. The van der Waals surface area contributed by atoms with E-state index in [2.05, 4.69) is 9.57 Å². The van der Waals surface area contributed by atoms with E-state index in [1.54, 1.807) is 0 Å². The summed E-state index contributed by atoms with van der Waals surface area (Å²) in [6, 6.07) is 0. The average molecular weight is 191 g/mol. The van der Waals surface area contributed by atoms with Gasteiger partial charge in [-0.1, -0.05) is 0 Å². The van der Waals surface area contributed by atoms with Gasteiger partial charge in [-0.25, -0.2) is 9.59 Å². The van der Waals surface area contributed by atoms with Crippen LogP contribution in [0.3, 0.4) is 0 Å². The number of esters is 1. The number of hydroxylamine groups is 1. The Morgan fingerprint density at radius 2 is 1.92 bits per heavy atom. The van der Waals surface area contributed by atoms with Crippen molar-refractivity contribution in [1.82, 2.24) is 5.48 Å². The fourth-order valence-electron chi connectivity index (χ4n) is 0.474. The number of carbonyl (C=O) groups excluding carboxylic acids is 2. The second kappa shape index (κ2) is 4.96. The van der Waals surface area contributed by atoms with Gasteiger partial charge in [0, 0.05) is 6.92 Å². The molecule has 1 amide bonds. The first-order valence-corrected chi connectivity index (χ1v) is 3.30. The first-order chi connectivity index (χ1) is 5.93. The average Bonchev–Trinajstić information content (AvgIpc) is 1.98. The van der Waals surface area contributed by atoms with E-state index >= 15 is 0 Å². The smallest absolute Gasteiger partial charge is 0.438 e. The maximum absolute atomic E-state index is 10.8. The lowest BCUT2D eigenvalue weighted by molar-refractivity contribution is -0.169. The fraction of sp³-hybridized carbons (Fsp3) is 0.500. The van der Waals surface area contributed by atoms with Crippen molar-refractivity contribution in [3.05, 3.63) is 0 Å². The van der Waals surface area contributed by atoms with Gasteiger partial charge in [0.2, 0.25) is 0 Å². The predicted molar refractivity (Wildman–Crippen MR) is 38.5 cm³/mol. The number of carbonyl (C=O) groups is 3. The van der Waals surface area contributed by atoms with Crippen LogP contribution in [0.1, 0.15) is 13.8 Å². The van der Waals surface area contributed by atoms with E-state index < -0.39 is 24.1 Å². The van der Waals surface area contributed by atoms with Crippen molar-refractivity contribution in [1.29, 1.82) is 0 Å². The number of carboxylic acid groups (broad SMARTS) is 1. The molecule has 0 aromatic carbocycles. The lowest BCUT2D eigenvalue weighted by Crippen LogP contribution is -2.32. The van der Waals surface area contributed by atoms with Crippen molar-refractivity contribution in [3.8, 4) is 0 Å². The Balaban J connectivity index is 3.82. The highest BCUT2D eigenvalue weighted by Gasteiger charge is 2.18. The van der Waals surface area contributed by atoms with Crippen LogP contribution < -0.4 is 5.48 Å². The predicted octanol–water partition coefficient (Wildman–Crippen LogP) is -0.336. The van der Waals surface area contributed by atoms with Crippen LogP contribution in [0.5, 0.6) is 0 Å². The van der Waals surface area contributed by atoms with Crippen molar-refractivity contribution in [2.75, 3.05) is 0 Å². The molecule has 0 rings (SSSR count). The zero-order valence-corrected chi connectivity index (χ0v) is 7.07. The highest BCUT2D eigenvalue weighted by atomic mass is 16.7. The molecule has 0 radical (unpaired) electrons. The van der Waals surface area contributed by atoms with Gasteiger partial charge in [0.25, 0.3) is 0 Å². The van der Waals surface area contributed by atoms with Crippen LogP contribution in [0, 0.1) is 0 Å². The van der Waals surface area contributed by atoms with E-state index in [1.165, 1.54) is 12.4 Å². The standard InChI is InChI=1S/C6H9NO6/c1-3(12-4(2)8)5(9)13-7-6(10)11/h3,7H,1-2H3,(H,10,11). The van der Waals surface area contributed by atoms with Crippen LogP contribution in [0.25, 0.3) is 0 Å². The molecule has 0 aromatic heterocycles. The largest absolute Gasteiger partial charge is 0.463 e. The van der Waals surface area contributed by atoms with Gasteiger partial charge in [-0.2, -0.15) is 0 Å². The molecule has 74 valence electrons. The molecule has 2 N–H and O–H groups in total. The van der Waals surface area contributed by atoms with E-state index in [4.69, 9.17) is 5.11 Å². The first-order valence-electron chi connectivity index (χ1n) is 3.30. The Hall–Kier alpha value is -1.79. The van der Waals surface area contributed by atoms with Gasteiger partial charge in [0.15, 0.2) is 6.10 Å². The van der Waals surface area contributed by atoms with Crippen molar-refractivity contribution in [3.63, 3.8) is 0 Å². The van der Waals surface area contributed by atoms with Crippen molar-refractivity contribution in [2.24, 2.45) is 0 Å². The topological polar surface area (TPSA) is 102 Å². The molecular formula is C6H9NO6. The van der Waals surface area contributed by atoms with Crippen molar-refractivity contribution < 1.29 is 29.1 Å².